The standard InChI is InChI=1S/C16H24N2O3/c1-4-13-16(19)18(10-11-21-5-2)15(17-13)12-8-6-7-9-14(12)20-3/h6-9,13,15,17H,4-5,10-11H2,1-3H3. The van der Waals surface area contributed by atoms with Crippen LogP contribution in [0.3, 0.4) is 0 Å². The van der Waals surface area contributed by atoms with Crippen molar-refractivity contribution in [3.8, 4) is 5.75 Å². The third kappa shape index (κ3) is 3.36. The summed E-state index contributed by atoms with van der Waals surface area (Å²) in [6.45, 7) is 5.76. The Bertz CT molecular complexity index is 478. The molecule has 0 saturated carbocycles. The number of hydrogen-bond donors (Lipinski definition) is 1. The van der Waals surface area contributed by atoms with Gasteiger partial charge in [-0.3, -0.25) is 10.1 Å². The molecule has 1 aromatic rings. The molecule has 1 aliphatic rings. The van der Waals surface area contributed by atoms with E-state index in [1.165, 1.54) is 0 Å². The van der Waals surface area contributed by atoms with Crippen LogP contribution in [0.4, 0.5) is 0 Å². The van der Waals surface area contributed by atoms with Crippen molar-refractivity contribution in [2.75, 3.05) is 26.9 Å². The highest BCUT2D eigenvalue weighted by atomic mass is 16.5. The lowest BCUT2D eigenvalue weighted by Crippen LogP contribution is -2.34. The zero-order valence-electron chi connectivity index (χ0n) is 13.0. The topological polar surface area (TPSA) is 50.8 Å². The Morgan fingerprint density at radius 3 is 2.71 bits per heavy atom. The summed E-state index contributed by atoms with van der Waals surface area (Å²) in [6.07, 6.45) is 0.620. The molecule has 116 valence electrons. The lowest BCUT2D eigenvalue weighted by molar-refractivity contribution is -0.130. The van der Waals surface area contributed by atoms with Crippen LogP contribution in [-0.4, -0.2) is 43.7 Å². The molecule has 21 heavy (non-hydrogen) atoms. The van der Waals surface area contributed by atoms with E-state index < -0.39 is 0 Å². The Balaban J connectivity index is 2.23. The van der Waals surface area contributed by atoms with Gasteiger partial charge in [-0.1, -0.05) is 25.1 Å². The van der Waals surface area contributed by atoms with E-state index in [1.54, 1.807) is 7.11 Å². The number of nitrogens with zero attached hydrogens (tertiary/aromatic N) is 1. The first-order valence-electron chi connectivity index (χ1n) is 7.50. The molecule has 2 unspecified atom stereocenters. The highest BCUT2D eigenvalue weighted by molar-refractivity contribution is 5.84. The molecule has 0 aromatic heterocycles. The number of carbonyl (C=O) groups excluding carboxylic acids is 1. The van der Waals surface area contributed by atoms with E-state index in [4.69, 9.17) is 9.47 Å². The van der Waals surface area contributed by atoms with E-state index in [-0.39, 0.29) is 18.1 Å². The fraction of sp³-hybridized carbons (Fsp3) is 0.562. The number of carbonyl (C=O) groups is 1. The molecule has 1 heterocycles. The summed E-state index contributed by atoms with van der Waals surface area (Å²) in [5, 5.41) is 3.40. The van der Waals surface area contributed by atoms with Gasteiger partial charge in [0.05, 0.1) is 19.8 Å². The zero-order valence-corrected chi connectivity index (χ0v) is 13.0. The lowest BCUT2D eigenvalue weighted by Gasteiger charge is -2.25. The molecule has 5 nitrogen and oxygen atoms in total. The molecule has 2 atom stereocenters. The molecule has 1 saturated heterocycles. The Morgan fingerprint density at radius 1 is 1.29 bits per heavy atom. The summed E-state index contributed by atoms with van der Waals surface area (Å²) in [7, 11) is 1.65. The molecule has 0 radical (unpaired) electrons. The van der Waals surface area contributed by atoms with Crippen LogP contribution in [0, 0.1) is 0 Å². The summed E-state index contributed by atoms with van der Waals surface area (Å²) < 4.78 is 10.8. The molecular formula is C16H24N2O3. The number of para-hydroxylation sites is 1. The quantitative estimate of drug-likeness (QED) is 0.780. The minimum atomic E-state index is -0.154. The van der Waals surface area contributed by atoms with Crippen LogP contribution < -0.4 is 10.1 Å². The van der Waals surface area contributed by atoms with Crippen LogP contribution >= 0.6 is 0 Å². The van der Waals surface area contributed by atoms with E-state index in [0.717, 1.165) is 17.7 Å². The van der Waals surface area contributed by atoms with Gasteiger partial charge in [0.2, 0.25) is 5.91 Å². The van der Waals surface area contributed by atoms with Crippen molar-refractivity contribution in [1.82, 2.24) is 10.2 Å². The van der Waals surface area contributed by atoms with Crippen molar-refractivity contribution in [3.05, 3.63) is 29.8 Å². The summed E-state index contributed by atoms with van der Waals surface area (Å²) >= 11 is 0. The van der Waals surface area contributed by atoms with Crippen LogP contribution in [0.5, 0.6) is 5.75 Å². The molecule has 2 rings (SSSR count). The largest absolute Gasteiger partial charge is 0.496 e. The molecule has 0 bridgehead atoms. The fourth-order valence-corrected chi connectivity index (χ4v) is 2.67. The van der Waals surface area contributed by atoms with Gasteiger partial charge >= 0.3 is 0 Å². The van der Waals surface area contributed by atoms with Gasteiger partial charge in [-0.05, 0) is 19.4 Å². The maximum atomic E-state index is 12.5. The van der Waals surface area contributed by atoms with Gasteiger partial charge in [0.15, 0.2) is 0 Å². The molecule has 5 heteroatoms. The second-order valence-electron chi connectivity index (χ2n) is 5.00. The number of hydrogen-bond acceptors (Lipinski definition) is 4. The average molecular weight is 292 g/mol. The summed E-state index contributed by atoms with van der Waals surface area (Å²) in [4.78, 5) is 14.3. The Morgan fingerprint density at radius 2 is 2.05 bits per heavy atom. The normalized spacial score (nSPS) is 21.9. The van der Waals surface area contributed by atoms with Crippen molar-refractivity contribution < 1.29 is 14.3 Å². The van der Waals surface area contributed by atoms with E-state index in [0.29, 0.717) is 19.8 Å². The van der Waals surface area contributed by atoms with Crippen molar-refractivity contribution in [1.29, 1.82) is 0 Å². The molecule has 0 spiro atoms. The van der Waals surface area contributed by atoms with Crippen molar-refractivity contribution in [2.24, 2.45) is 0 Å². The van der Waals surface area contributed by atoms with Gasteiger partial charge in [-0.2, -0.15) is 0 Å². The van der Waals surface area contributed by atoms with E-state index in [2.05, 4.69) is 5.32 Å². The number of benzene rings is 1. The summed E-state index contributed by atoms with van der Waals surface area (Å²) in [6, 6.07) is 7.67. The number of nitrogens with one attached hydrogen (secondary N) is 1. The predicted octanol–water partition coefficient (Wildman–Crippen LogP) is 1.94. The van der Waals surface area contributed by atoms with Crippen LogP contribution in [0.1, 0.15) is 32.0 Å². The van der Waals surface area contributed by atoms with E-state index >= 15 is 0 Å². The van der Waals surface area contributed by atoms with Gasteiger partial charge in [-0.15, -0.1) is 0 Å². The molecule has 1 fully saturated rings. The van der Waals surface area contributed by atoms with Crippen molar-refractivity contribution in [3.63, 3.8) is 0 Å². The maximum Gasteiger partial charge on any atom is 0.241 e. The third-order valence-corrected chi connectivity index (χ3v) is 3.77. The van der Waals surface area contributed by atoms with Gasteiger partial charge in [-0.25, -0.2) is 0 Å². The van der Waals surface area contributed by atoms with Crippen LogP contribution in [-0.2, 0) is 9.53 Å². The van der Waals surface area contributed by atoms with Gasteiger partial charge < -0.3 is 14.4 Å². The molecular weight excluding hydrogens is 268 g/mol. The summed E-state index contributed by atoms with van der Waals surface area (Å²) in [5.74, 6) is 0.925. The van der Waals surface area contributed by atoms with Gasteiger partial charge in [0.25, 0.3) is 0 Å². The first-order valence-corrected chi connectivity index (χ1v) is 7.50. The molecule has 1 N–H and O–H groups in total. The average Bonchev–Trinajstić information content (AvgIpc) is 2.84. The minimum absolute atomic E-state index is 0.133. The Labute approximate surface area is 126 Å². The monoisotopic (exact) mass is 292 g/mol. The van der Waals surface area contributed by atoms with Gasteiger partial charge in [0, 0.05) is 18.7 Å². The summed E-state index contributed by atoms with van der Waals surface area (Å²) in [5.41, 5.74) is 0.987. The highest BCUT2D eigenvalue weighted by Gasteiger charge is 2.39. The van der Waals surface area contributed by atoms with Crippen LogP contribution in [0.2, 0.25) is 0 Å². The number of ether oxygens (including phenoxy) is 2. The highest BCUT2D eigenvalue weighted by Crippen LogP contribution is 2.32. The second-order valence-corrected chi connectivity index (χ2v) is 5.00. The van der Waals surface area contributed by atoms with Crippen LogP contribution in [0.15, 0.2) is 24.3 Å². The lowest BCUT2D eigenvalue weighted by atomic mass is 10.1. The third-order valence-electron chi connectivity index (χ3n) is 3.77. The Hall–Kier alpha value is -1.59. The van der Waals surface area contributed by atoms with Crippen molar-refractivity contribution in [2.45, 2.75) is 32.5 Å². The maximum absolute atomic E-state index is 12.5. The fourth-order valence-electron chi connectivity index (χ4n) is 2.67. The minimum Gasteiger partial charge on any atom is -0.496 e. The Kier molecular flexibility index (Phi) is 5.59. The van der Waals surface area contributed by atoms with E-state index in [9.17, 15) is 4.79 Å². The molecule has 1 aromatic carbocycles. The SMILES string of the molecule is CCOCCN1C(=O)C(CC)NC1c1ccccc1OC. The molecule has 1 amide bonds. The second kappa shape index (κ2) is 7.43. The number of rotatable bonds is 7. The van der Waals surface area contributed by atoms with Gasteiger partial charge in [0.1, 0.15) is 11.9 Å². The zero-order chi connectivity index (χ0) is 15.2. The smallest absolute Gasteiger partial charge is 0.241 e. The number of amides is 1. The molecule has 0 aliphatic carbocycles. The number of methoxy groups -OCH3 is 1. The van der Waals surface area contributed by atoms with E-state index in [1.807, 2.05) is 43.0 Å². The van der Waals surface area contributed by atoms with Crippen LogP contribution in [0.25, 0.3) is 0 Å². The molecule has 1 aliphatic heterocycles. The predicted molar refractivity (Wildman–Crippen MR) is 81.2 cm³/mol. The first kappa shape index (κ1) is 15.8. The van der Waals surface area contributed by atoms with Crippen molar-refractivity contribution >= 4 is 5.91 Å². The first-order chi connectivity index (χ1) is 10.2.